The molecule has 1 aromatic carbocycles. The second-order valence-electron chi connectivity index (χ2n) is 4.30. The van der Waals surface area contributed by atoms with E-state index >= 15 is 0 Å². The van der Waals surface area contributed by atoms with E-state index < -0.39 is 0 Å². The van der Waals surface area contributed by atoms with Crippen LogP contribution in [0.2, 0.25) is 5.02 Å². The normalized spacial score (nSPS) is 11.1. The Morgan fingerprint density at radius 1 is 1.31 bits per heavy atom. The van der Waals surface area contributed by atoms with Crippen molar-refractivity contribution in [2.75, 3.05) is 0 Å². The van der Waals surface area contributed by atoms with Crippen LogP contribution < -0.4 is 0 Å². The molecule has 84 valence electrons. The summed E-state index contributed by atoms with van der Waals surface area (Å²) in [5, 5.41) is 4.94. The van der Waals surface area contributed by atoms with Crippen molar-refractivity contribution in [2.24, 2.45) is 7.05 Å². The summed E-state index contributed by atoms with van der Waals surface area (Å²) in [6.45, 7) is 4.35. The smallest absolute Gasteiger partial charge is 0.0568 e. The van der Waals surface area contributed by atoms with E-state index in [-0.39, 0.29) is 0 Å². The number of hydrogen-bond acceptors (Lipinski definition) is 1. The third-order valence-electron chi connectivity index (χ3n) is 2.67. The summed E-state index contributed by atoms with van der Waals surface area (Å²) in [7, 11) is 1.91. The van der Waals surface area contributed by atoms with Gasteiger partial charge in [-0.2, -0.15) is 5.10 Å². The molecule has 2 nitrogen and oxygen atoms in total. The molecule has 0 fully saturated rings. The van der Waals surface area contributed by atoms with Gasteiger partial charge in [-0.1, -0.05) is 31.5 Å². The molecule has 3 heteroatoms. The van der Waals surface area contributed by atoms with Crippen molar-refractivity contribution in [1.29, 1.82) is 0 Å². The average Bonchev–Trinajstić information content (AvgIpc) is 2.65. The summed E-state index contributed by atoms with van der Waals surface area (Å²) in [5.41, 5.74) is 3.42. The molecule has 2 aromatic rings. The van der Waals surface area contributed by atoms with E-state index in [1.807, 2.05) is 25.5 Å². The molecule has 0 bridgehead atoms. The van der Waals surface area contributed by atoms with E-state index in [9.17, 15) is 0 Å². The van der Waals surface area contributed by atoms with Gasteiger partial charge < -0.3 is 0 Å². The number of benzene rings is 1. The molecule has 0 amide bonds. The SMILES string of the molecule is CC(C)c1ccc(Cl)c(-c2cnn(C)c2)c1. The Kier molecular flexibility index (Phi) is 3.01. The highest BCUT2D eigenvalue weighted by Crippen LogP contribution is 2.30. The van der Waals surface area contributed by atoms with Crippen molar-refractivity contribution in [3.8, 4) is 11.1 Å². The lowest BCUT2D eigenvalue weighted by molar-refractivity contribution is 0.768. The monoisotopic (exact) mass is 234 g/mol. The van der Waals surface area contributed by atoms with Crippen molar-refractivity contribution in [3.63, 3.8) is 0 Å². The molecule has 2 rings (SSSR count). The van der Waals surface area contributed by atoms with Crippen molar-refractivity contribution in [1.82, 2.24) is 9.78 Å². The summed E-state index contributed by atoms with van der Waals surface area (Å²) < 4.78 is 1.79. The zero-order valence-corrected chi connectivity index (χ0v) is 10.5. The summed E-state index contributed by atoms with van der Waals surface area (Å²) in [6.07, 6.45) is 3.82. The van der Waals surface area contributed by atoms with Crippen LogP contribution in [0.3, 0.4) is 0 Å². The molecule has 1 heterocycles. The molecule has 0 atom stereocenters. The summed E-state index contributed by atoms with van der Waals surface area (Å²) in [5.74, 6) is 0.507. The first-order valence-electron chi connectivity index (χ1n) is 5.36. The average molecular weight is 235 g/mol. The second kappa shape index (κ2) is 4.30. The van der Waals surface area contributed by atoms with E-state index in [2.05, 4.69) is 31.1 Å². The summed E-state index contributed by atoms with van der Waals surface area (Å²) in [4.78, 5) is 0. The number of aromatic nitrogens is 2. The third-order valence-corrected chi connectivity index (χ3v) is 3.00. The molecule has 16 heavy (non-hydrogen) atoms. The topological polar surface area (TPSA) is 17.8 Å². The van der Waals surface area contributed by atoms with Gasteiger partial charge in [0.2, 0.25) is 0 Å². The molecule has 1 aromatic heterocycles. The highest BCUT2D eigenvalue weighted by atomic mass is 35.5. The molecule has 0 saturated heterocycles. The minimum absolute atomic E-state index is 0.507. The van der Waals surface area contributed by atoms with Gasteiger partial charge in [-0.3, -0.25) is 4.68 Å². The van der Waals surface area contributed by atoms with Crippen LogP contribution in [0.25, 0.3) is 11.1 Å². The first-order valence-corrected chi connectivity index (χ1v) is 5.74. The molecular weight excluding hydrogens is 220 g/mol. The van der Waals surface area contributed by atoms with Gasteiger partial charge in [0.05, 0.1) is 6.20 Å². The molecule has 0 aliphatic carbocycles. The van der Waals surface area contributed by atoms with Crippen molar-refractivity contribution >= 4 is 11.6 Å². The maximum atomic E-state index is 6.21. The van der Waals surface area contributed by atoms with Gasteiger partial charge in [-0.05, 0) is 23.6 Å². The Morgan fingerprint density at radius 3 is 2.62 bits per heavy atom. The van der Waals surface area contributed by atoms with Crippen molar-refractivity contribution in [3.05, 3.63) is 41.2 Å². The van der Waals surface area contributed by atoms with Crippen molar-refractivity contribution < 1.29 is 0 Å². The van der Waals surface area contributed by atoms with Crippen LogP contribution in [-0.4, -0.2) is 9.78 Å². The first-order chi connectivity index (χ1) is 7.58. The van der Waals surface area contributed by atoms with E-state index in [0.29, 0.717) is 5.92 Å². The van der Waals surface area contributed by atoms with E-state index in [1.165, 1.54) is 5.56 Å². The molecule has 0 aliphatic rings. The zero-order valence-electron chi connectivity index (χ0n) is 9.74. The van der Waals surface area contributed by atoms with E-state index in [0.717, 1.165) is 16.1 Å². The van der Waals surface area contributed by atoms with Crippen LogP contribution in [0.15, 0.2) is 30.6 Å². The van der Waals surface area contributed by atoms with Gasteiger partial charge in [0.25, 0.3) is 0 Å². The highest BCUT2D eigenvalue weighted by molar-refractivity contribution is 6.33. The van der Waals surface area contributed by atoms with Gasteiger partial charge in [0.15, 0.2) is 0 Å². The van der Waals surface area contributed by atoms with E-state index in [4.69, 9.17) is 11.6 Å². The largest absolute Gasteiger partial charge is 0.275 e. The Bertz CT molecular complexity index is 500. The van der Waals surface area contributed by atoms with Crippen LogP contribution in [0.1, 0.15) is 25.3 Å². The minimum atomic E-state index is 0.507. The zero-order chi connectivity index (χ0) is 11.7. The lowest BCUT2D eigenvalue weighted by Crippen LogP contribution is -1.88. The fourth-order valence-electron chi connectivity index (χ4n) is 1.68. The van der Waals surface area contributed by atoms with Crippen LogP contribution in [0.5, 0.6) is 0 Å². The van der Waals surface area contributed by atoms with E-state index in [1.54, 1.807) is 4.68 Å². The second-order valence-corrected chi connectivity index (χ2v) is 4.70. The Hall–Kier alpha value is -1.28. The number of aryl methyl sites for hydroxylation is 1. The van der Waals surface area contributed by atoms with Gasteiger partial charge in [0, 0.05) is 29.4 Å². The van der Waals surface area contributed by atoms with Gasteiger partial charge in [0.1, 0.15) is 0 Å². The lowest BCUT2D eigenvalue weighted by Gasteiger charge is -2.08. The Balaban J connectivity index is 2.51. The Labute approximate surface area is 101 Å². The van der Waals surface area contributed by atoms with Crippen LogP contribution >= 0.6 is 11.6 Å². The number of hydrogen-bond donors (Lipinski definition) is 0. The predicted octanol–water partition coefficient (Wildman–Crippen LogP) is 3.86. The van der Waals surface area contributed by atoms with Gasteiger partial charge in [-0.25, -0.2) is 0 Å². The fourth-order valence-corrected chi connectivity index (χ4v) is 1.91. The van der Waals surface area contributed by atoms with Crippen molar-refractivity contribution in [2.45, 2.75) is 19.8 Å². The molecule has 0 N–H and O–H groups in total. The molecule has 0 saturated carbocycles. The van der Waals surface area contributed by atoms with Gasteiger partial charge >= 0.3 is 0 Å². The molecule has 0 radical (unpaired) electrons. The molecule has 0 spiro atoms. The summed E-state index contributed by atoms with van der Waals surface area (Å²) in [6, 6.07) is 6.18. The molecule has 0 aliphatic heterocycles. The third kappa shape index (κ3) is 2.12. The maximum absolute atomic E-state index is 6.21. The number of nitrogens with zero attached hydrogens (tertiary/aromatic N) is 2. The number of rotatable bonds is 2. The quantitative estimate of drug-likeness (QED) is 0.772. The Morgan fingerprint density at radius 2 is 2.06 bits per heavy atom. The molecule has 0 unspecified atom stereocenters. The maximum Gasteiger partial charge on any atom is 0.0568 e. The van der Waals surface area contributed by atoms with Crippen LogP contribution in [-0.2, 0) is 7.05 Å². The minimum Gasteiger partial charge on any atom is -0.275 e. The van der Waals surface area contributed by atoms with Gasteiger partial charge in [-0.15, -0.1) is 0 Å². The lowest BCUT2D eigenvalue weighted by atomic mass is 9.99. The van der Waals surface area contributed by atoms with Crippen LogP contribution in [0.4, 0.5) is 0 Å². The highest BCUT2D eigenvalue weighted by Gasteiger charge is 2.08. The molecular formula is C13H15ClN2. The van der Waals surface area contributed by atoms with Crippen LogP contribution in [0, 0.1) is 0 Å². The summed E-state index contributed by atoms with van der Waals surface area (Å²) >= 11 is 6.21. The predicted molar refractivity (Wildman–Crippen MR) is 67.7 cm³/mol. The number of halogens is 1. The fraction of sp³-hybridized carbons (Fsp3) is 0.308. The first kappa shape index (κ1) is 11.2. The standard InChI is InChI=1S/C13H15ClN2/c1-9(2)10-4-5-13(14)12(6-10)11-7-15-16(3)8-11/h4-9H,1-3H3.